The largest absolute Gasteiger partial charge is 0.390 e. The fourth-order valence-corrected chi connectivity index (χ4v) is 1.22. The molecule has 19 heavy (non-hydrogen) atoms. The Morgan fingerprint density at radius 3 is 2.26 bits per heavy atom. The Morgan fingerprint density at radius 2 is 1.68 bits per heavy atom. The van der Waals surface area contributed by atoms with Gasteiger partial charge in [0.15, 0.2) is 0 Å². The first kappa shape index (κ1) is 15.7. The molecule has 0 saturated carbocycles. The van der Waals surface area contributed by atoms with Gasteiger partial charge in [0.05, 0.1) is 6.61 Å². The maximum atomic E-state index is 12.9. The van der Waals surface area contributed by atoms with Gasteiger partial charge in [-0.3, -0.25) is 0 Å². The molecule has 0 radical (unpaired) electrons. The number of ether oxygens (including phenoxy) is 1. The molecule has 0 spiro atoms. The molecule has 0 heterocycles. The first-order chi connectivity index (χ1) is 8.89. The van der Waals surface area contributed by atoms with Gasteiger partial charge < -0.3 is 9.84 Å². The Hall–Kier alpha value is -1.40. The Morgan fingerprint density at radius 1 is 1.05 bits per heavy atom. The quantitative estimate of drug-likeness (QED) is 0.613. The van der Waals surface area contributed by atoms with Gasteiger partial charge in [-0.1, -0.05) is 42.5 Å². The first-order valence-electron chi connectivity index (χ1n) is 5.55. The molecule has 0 bridgehead atoms. The van der Waals surface area contributed by atoms with E-state index in [-0.39, 0.29) is 6.61 Å². The Balaban J connectivity index is 2.37. The van der Waals surface area contributed by atoms with Gasteiger partial charge in [-0.15, -0.1) is 0 Å². The van der Waals surface area contributed by atoms with Gasteiger partial charge in [0.1, 0.15) is 13.2 Å². The van der Waals surface area contributed by atoms with Crippen LogP contribution < -0.4 is 0 Å². The van der Waals surface area contributed by atoms with Crippen molar-refractivity contribution < 1.29 is 27.4 Å². The molecule has 2 nitrogen and oxygen atoms in total. The molecule has 1 rings (SSSR count). The lowest BCUT2D eigenvalue weighted by Crippen LogP contribution is -2.46. The summed E-state index contributed by atoms with van der Waals surface area (Å²) >= 11 is 0. The number of hydrogen-bond acceptors (Lipinski definition) is 2. The third-order valence-corrected chi connectivity index (χ3v) is 2.34. The van der Waals surface area contributed by atoms with E-state index in [2.05, 4.69) is 4.74 Å². The molecule has 0 saturated heterocycles. The monoisotopic (exact) mass is 278 g/mol. The van der Waals surface area contributed by atoms with Crippen LogP contribution in [0.1, 0.15) is 5.56 Å². The van der Waals surface area contributed by atoms with Crippen LogP contribution in [0.25, 0.3) is 6.08 Å². The topological polar surface area (TPSA) is 29.5 Å². The van der Waals surface area contributed by atoms with E-state index in [1.54, 1.807) is 30.3 Å². The number of rotatable bonds is 7. The zero-order valence-corrected chi connectivity index (χ0v) is 10.0. The van der Waals surface area contributed by atoms with Gasteiger partial charge in [0.25, 0.3) is 0 Å². The number of benzene rings is 1. The van der Waals surface area contributed by atoms with Crippen molar-refractivity contribution in [2.75, 3.05) is 19.8 Å². The van der Waals surface area contributed by atoms with Gasteiger partial charge in [-0.2, -0.15) is 17.6 Å². The molecule has 0 aliphatic heterocycles. The van der Waals surface area contributed by atoms with Crippen LogP contribution in [0.2, 0.25) is 0 Å². The van der Waals surface area contributed by atoms with Crippen LogP contribution in [0.3, 0.4) is 0 Å². The van der Waals surface area contributed by atoms with Crippen molar-refractivity contribution in [3.63, 3.8) is 0 Å². The van der Waals surface area contributed by atoms with Crippen molar-refractivity contribution in [1.29, 1.82) is 0 Å². The molecule has 0 aliphatic carbocycles. The Kier molecular flexibility index (Phi) is 5.50. The number of halogens is 4. The van der Waals surface area contributed by atoms with E-state index in [1.165, 1.54) is 6.08 Å². The van der Waals surface area contributed by atoms with Gasteiger partial charge >= 0.3 is 11.8 Å². The number of hydrogen-bond donors (Lipinski definition) is 1. The second-order valence-corrected chi connectivity index (χ2v) is 3.90. The molecule has 0 amide bonds. The van der Waals surface area contributed by atoms with Crippen LogP contribution in [0.5, 0.6) is 0 Å². The normalized spacial score (nSPS) is 13.1. The summed E-state index contributed by atoms with van der Waals surface area (Å²) in [5.74, 6) is -8.86. The number of aliphatic hydroxyl groups excluding tert-OH is 1. The molecular weight excluding hydrogens is 264 g/mol. The summed E-state index contributed by atoms with van der Waals surface area (Å²) in [7, 11) is 0. The lowest BCUT2D eigenvalue weighted by atomic mass is 10.2. The van der Waals surface area contributed by atoms with E-state index in [0.717, 1.165) is 5.56 Å². The first-order valence-corrected chi connectivity index (χ1v) is 5.55. The van der Waals surface area contributed by atoms with Crippen molar-refractivity contribution in [3.05, 3.63) is 42.0 Å². The lowest BCUT2D eigenvalue weighted by molar-refractivity contribution is -0.244. The van der Waals surface area contributed by atoms with Crippen molar-refractivity contribution in [2.24, 2.45) is 0 Å². The van der Waals surface area contributed by atoms with Gasteiger partial charge in [-0.25, -0.2) is 0 Å². The number of alkyl halides is 4. The fraction of sp³-hybridized carbons (Fsp3) is 0.385. The van der Waals surface area contributed by atoms with E-state index in [1.807, 2.05) is 6.07 Å². The minimum Gasteiger partial charge on any atom is -0.390 e. The molecule has 6 heteroatoms. The molecule has 106 valence electrons. The third-order valence-electron chi connectivity index (χ3n) is 2.34. The van der Waals surface area contributed by atoms with E-state index in [4.69, 9.17) is 5.11 Å². The molecule has 0 unspecified atom stereocenters. The van der Waals surface area contributed by atoms with Crippen LogP contribution in [-0.4, -0.2) is 36.8 Å². The molecule has 1 N–H and O–H groups in total. The third kappa shape index (κ3) is 4.65. The smallest absolute Gasteiger partial charge is 0.335 e. The van der Waals surface area contributed by atoms with Gasteiger partial charge in [0, 0.05) is 0 Å². The predicted molar refractivity (Wildman–Crippen MR) is 63.3 cm³/mol. The summed E-state index contributed by atoms with van der Waals surface area (Å²) in [4.78, 5) is 0. The molecule has 0 fully saturated rings. The van der Waals surface area contributed by atoms with E-state index in [0.29, 0.717) is 0 Å². The highest BCUT2D eigenvalue weighted by Gasteiger charge is 2.55. The summed E-state index contributed by atoms with van der Waals surface area (Å²) in [6, 6.07) is 9.02. The highest BCUT2D eigenvalue weighted by molar-refractivity contribution is 5.48. The zero-order chi connectivity index (χ0) is 14.4. The van der Waals surface area contributed by atoms with Crippen LogP contribution in [0.4, 0.5) is 17.6 Å². The van der Waals surface area contributed by atoms with E-state index in [9.17, 15) is 17.6 Å². The van der Waals surface area contributed by atoms with Gasteiger partial charge in [0.2, 0.25) is 0 Å². The highest BCUT2D eigenvalue weighted by Crippen LogP contribution is 2.33. The van der Waals surface area contributed by atoms with E-state index >= 15 is 0 Å². The second kappa shape index (κ2) is 6.68. The maximum absolute atomic E-state index is 12.9. The highest BCUT2D eigenvalue weighted by atomic mass is 19.3. The predicted octanol–water partition coefficient (Wildman–Crippen LogP) is 2.98. The van der Waals surface area contributed by atoms with Crippen LogP contribution in [0, 0.1) is 0 Å². The Labute approximate surface area is 108 Å². The summed E-state index contributed by atoms with van der Waals surface area (Å²) in [5, 5.41) is 8.18. The van der Waals surface area contributed by atoms with Crippen molar-refractivity contribution in [2.45, 2.75) is 11.8 Å². The minimum atomic E-state index is -4.48. The van der Waals surface area contributed by atoms with Crippen molar-refractivity contribution >= 4 is 6.08 Å². The lowest BCUT2D eigenvalue weighted by Gasteiger charge is -2.24. The fourth-order valence-electron chi connectivity index (χ4n) is 1.22. The zero-order valence-electron chi connectivity index (χ0n) is 10.0. The summed E-state index contributed by atoms with van der Waals surface area (Å²) in [5.41, 5.74) is 0.846. The van der Waals surface area contributed by atoms with Crippen molar-refractivity contribution in [3.8, 4) is 0 Å². The van der Waals surface area contributed by atoms with Crippen LogP contribution in [-0.2, 0) is 4.74 Å². The van der Waals surface area contributed by atoms with Crippen molar-refractivity contribution in [1.82, 2.24) is 0 Å². The number of aliphatic hydroxyl groups is 1. The van der Waals surface area contributed by atoms with Gasteiger partial charge in [-0.05, 0) is 5.56 Å². The maximum Gasteiger partial charge on any atom is 0.335 e. The minimum absolute atomic E-state index is 0.216. The van der Waals surface area contributed by atoms with E-state index < -0.39 is 25.1 Å². The molecule has 1 aromatic rings. The molecular formula is C13H14F4O2. The molecule has 0 aliphatic rings. The second-order valence-electron chi connectivity index (χ2n) is 3.90. The summed E-state index contributed by atoms with van der Waals surface area (Å²) in [6.07, 6.45) is 3.07. The standard InChI is InChI=1S/C13H14F4O2/c14-12(15,9-18)13(16,17)10-19-8-4-7-11-5-2-1-3-6-11/h1-7,18H,8-10H2. The van der Waals surface area contributed by atoms with Crippen LogP contribution in [0.15, 0.2) is 36.4 Å². The molecule has 0 aromatic heterocycles. The summed E-state index contributed by atoms with van der Waals surface area (Å²) < 4.78 is 55.5. The molecule has 1 aromatic carbocycles. The summed E-state index contributed by atoms with van der Waals surface area (Å²) in [6.45, 7) is -3.57. The molecule has 0 atom stereocenters. The average molecular weight is 278 g/mol. The average Bonchev–Trinajstić information content (AvgIpc) is 2.39. The Bertz CT molecular complexity index is 404. The SMILES string of the molecule is OCC(F)(F)C(F)(F)COCC=Cc1ccccc1. The van der Waals surface area contributed by atoms with Crippen LogP contribution >= 0.6 is 0 Å².